The summed E-state index contributed by atoms with van der Waals surface area (Å²) in [5, 5.41) is 1.25. The fourth-order valence-electron chi connectivity index (χ4n) is 1.92. The van der Waals surface area contributed by atoms with Crippen LogP contribution in [0.25, 0.3) is 11.3 Å². The predicted octanol–water partition coefficient (Wildman–Crippen LogP) is 5.86. The van der Waals surface area contributed by atoms with Gasteiger partial charge in [0.15, 0.2) is 0 Å². The van der Waals surface area contributed by atoms with Gasteiger partial charge in [-0.1, -0.05) is 48.8 Å². The molecule has 0 unspecified atom stereocenters. The number of rotatable bonds is 3. The zero-order valence-corrected chi connectivity index (χ0v) is 14.4. The van der Waals surface area contributed by atoms with E-state index < -0.39 is 0 Å². The van der Waals surface area contributed by atoms with E-state index in [2.05, 4.69) is 67.9 Å². The lowest BCUT2D eigenvalue weighted by Gasteiger charge is -2.16. The number of halogens is 1. The van der Waals surface area contributed by atoms with Gasteiger partial charge in [0.25, 0.3) is 0 Å². The van der Waals surface area contributed by atoms with Gasteiger partial charge in [0.1, 0.15) is 0 Å². The van der Waals surface area contributed by atoms with E-state index in [-0.39, 0.29) is 0 Å². The van der Waals surface area contributed by atoms with Crippen molar-refractivity contribution < 1.29 is 0 Å². The highest BCUT2D eigenvalue weighted by Crippen LogP contribution is 2.30. The van der Waals surface area contributed by atoms with Crippen molar-refractivity contribution in [2.75, 3.05) is 0 Å². The molecule has 0 atom stereocenters. The smallest absolute Gasteiger partial charge is 0.0935 e. The SMILES string of the molecule is Cc1sc(CCC(C)(C)C)nc1-c1ccc(Br)cc1. The first kappa shape index (κ1) is 14.7. The Morgan fingerprint density at radius 2 is 1.79 bits per heavy atom. The van der Waals surface area contributed by atoms with Crippen LogP contribution in [-0.4, -0.2) is 4.98 Å². The zero-order chi connectivity index (χ0) is 14.0. The highest BCUT2D eigenvalue weighted by atomic mass is 79.9. The Labute approximate surface area is 128 Å². The van der Waals surface area contributed by atoms with Crippen molar-refractivity contribution in [1.82, 2.24) is 4.98 Å². The highest BCUT2D eigenvalue weighted by Gasteiger charge is 2.14. The summed E-state index contributed by atoms with van der Waals surface area (Å²) in [6.45, 7) is 9.00. The Morgan fingerprint density at radius 3 is 2.37 bits per heavy atom. The van der Waals surface area contributed by atoms with E-state index in [1.807, 2.05) is 11.3 Å². The maximum Gasteiger partial charge on any atom is 0.0935 e. The number of aromatic nitrogens is 1. The second kappa shape index (κ2) is 5.76. The fourth-order valence-corrected chi connectivity index (χ4v) is 3.13. The molecular formula is C16H20BrNS. The van der Waals surface area contributed by atoms with Crippen molar-refractivity contribution in [3.8, 4) is 11.3 Å². The zero-order valence-electron chi connectivity index (χ0n) is 12.0. The molecule has 0 radical (unpaired) electrons. The third kappa shape index (κ3) is 4.15. The first-order valence-corrected chi connectivity index (χ1v) is 8.18. The number of hydrogen-bond donors (Lipinski definition) is 0. The summed E-state index contributed by atoms with van der Waals surface area (Å²) < 4.78 is 1.11. The van der Waals surface area contributed by atoms with E-state index in [0.29, 0.717) is 5.41 Å². The third-order valence-electron chi connectivity index (χ3n) is 3.05. The molecule has 0 spiro atoms. The van der Waals surface area contributed by atoms with Crippen molar-refractivity contribution in [1.29, 1.82) is 0 Å². The van der Waals surface area contributed by atoms with Crippen LogP contribution in [-0.2, 0) is 6.42 Å². The minimum absolute atomic E-state index is 0.372. The molecule has 1 aromatic carbocycles. The Balaban J connectivity index is 2.19. The van der Waals surface area contributed by atoms with Gasteiger partial charge in [0, 0.05) is 14.9 Å². The normalized spacial score (nSPS) is 11.8. The Kier molecular flexibility index (Phi) is 4.46. The molecule has 102 valence electrons. The molecule has 2 rings (SSSR count). The van der Waals surface area contributed by atoms with Crippen LogP contribution in [0.1, 0.15) is 37.1 Å². The number of nitrogens with zero attached hydrogens (tertiary/aromatic N) is 1. The van der Waals surface area contributed by atoms with Gasteiger partial charge in [-0.2, -0.15) is 0 Å². The lowest BCUT2D eigenvalue weighted by Crippen LogP contribution is -2.06. The Bertz CT molecular complexity index is 549. The summed E-state index contributed by atoms with van der Waals surface area (Å²) in [5.74, 6) is 0. The Hall–Kier alpha value is -0.670. The second-order valence-corrected chi connectivity index (χ2v) is 8.28. The molecule has 19 heavy (non-hydrogen) atoms. The van der Waals surface area contributed by atoms with Gasteiger partial charge in [0.2, 0.25) is 0 Å². The number of thiazole rings is 1. The van der Waals surface area contributed by atoms with Crippen LogP contribution in [0, 0.1) is 12.3 Å². The predicted molar refractivity (Wildman–Crippen MR) is 87.8 cm³/mol. The summed E-state index contributed by atoms with van der Waals surface area (Å²) in [4.78, 5) is 6.13. The summed E-state index contributed by atoms with van der Waals surface area (Å²) >= 11 is 5.30. The fraction of sp³-hybridized carbons (Fsp3) is 0.438. The molecule has 2 aromatic rings. The molecule has 0 aliphatic rings. The van der Waals surface area contributed by atoms with Crippen molar-refractivity contribution in [2.45, 2.75) is 40.5 Å². The van der Waals surface area contributed by atoms with Crippen LogP contribution in [0.5, 0.6) is 0 Å². The van der Waals surface area contributed by atoms with Crippen LogP contribution in [0.2, 0.25) is 0 Å². The van der Waals surface area contributed by atoms with Gasteiger partial charge in [-0.05, 0) is 37.3 Å². The topological polar surface area (TPSA) is 12.9 Å². The molecule has 0 N–H and O–H groups in total. The maximum absolute atomic E-state index is 4.82. The Morgan fingerprint density at radius 1 is 1.16 bits per heavy atom. The van der Waals surface area contributed by atoms with Gasteiger partial charge in [0.05, 0.1) is 10.7 Å². The van der Waals surface area contributed by atoms with Crippen molar-refractivity contribution >= 4 is 27.3 Å². The van der Waals surface area contributed by atoms with Crippen LogP contribution in [0.4, 0.5) is 0 Å². The molecule has 0 bridgehead atoms. The molecule has 0 amide bonds. The highest BCUT2D eigenvalue weighted by molar-refractivity contribution is 9.10. The van der Waals surface area contributed by atoms with E-state index in [4.69, 9.17) is 4.98 Å². The van der Waals surface area contributed by atoms with Gasteiger partial charge < -0.3 is 0 Å². The molecule has 0 aliphatic carbocycles. The summed E-state index contributed by atoms with van der Waals surface area (Å²) in [5.41, 5.74) is 2.72. The number of benzene rings is 1. The largest absolute Gasteiger partial charge is 0.241 e. The van der Waals surface area contributed by atoms with Crippen LogP contribution >= 0.6 is 27.3 Å². The van der Waals surface area contributed by atoms with Gasteiger partial charge in [-0.25, -0.2) is 4.98 Å². The second-order valence-electron chi connectivity index (χ2n) is 6.08. The molecule has 1 heterocycles. The average molecular weight is 338 g/mol. The lowest BCUT2D eigenvalue weighted by atomic mass is 9.91. The average Bonchev–Trinajstić information content (AvgIpc) is 2.68. The molecule has 0 fully saturated rings. The molecule has 1 aromatic heterocycles. The van der Waals surface area contributed by atoms with Crippen molar-refractivity contribution in [3.05, 3.63) is 38.6 Å². The minimum atomic E-state index is 0.372. The van der Waals surface area contributed by atoms with E-state index >= 15 is 0 Å². The summed E-state index contributed by atoms with van der Waals surface area (Å²) in [6.07, 6.45) is 2.26. The molecular weight excluding hydrogens is 318 g/mol. The van der Waals surface area contributed by atoms with Crippen LogP contribution in [0.15, 0.2) is 28.7 Å². The molecule has 1 nitrogen and oxygen atoms in total. The van der Waals surface area contributed by atoms with E-state index in [9.17, 15) is 0 Å². The molecule has 0 saturated heterocycles. The molecule has 0 aliphatic heterocycles. The first-order valence-electron chi connectivity index (χ1n) is 6.57. The quantitative estimate of drug-likeness (QED) is 0.683. The van der Waals surface area contributed by atoms with E-state index in [0.717, 1.165) is 16.6 Å². The molecule has 0 saturated carbocycles. The minimum Gasteiger partial charge on any atom is -0.241 e. The van der Waals surface area contributed by atoms with Gasteiger partial charge in [-0.3, -0.25) is 0 Å². The van der Waals surface area contributed by atoms with E-state index in [1.165, 1.54) is 21.9 Å². The summed E-state index contributed by atoms with van der Waals surface area (Å²) in [6, 6.07) is 8.39. The monoisotopic (exact) mass is 337 g/mol. The number of hydrogen-bond acceptors (Lipinski definition) is 2. The van der Waals surface area contributed by atoms with Crippen LogP contribution in [0.3, 0.4) is 0 Å². The van der Waals surface area contributed by atoms with Crippen molar-refractivity contribution in [3.63, 3.8) is 0 Å². The third-order valence-corrected chi connectivity index (χ3v) is 4.61. The van der Waals surface area contributed by atoms with Crippen molar-refractivity contribution in [2.24, 2.45) is 5.41 Å². The maximum atomic E-state index is 4.82. The summed E-state index contributed by atoms with van der Waals surface area (Å²) in [7, 11) is 0. The van der Waals surface area contributed by atoms with Gasteiger partial charge >= 0.3 is 0 Å². The first-order chi connectivity index (χ1) is 8.85. The number of aryl methyl sites for hydroxylation is 2. The van der Waals surface area contributed by atoms with E-state index in [1.54, 1.807) is 0 Å². The molecule has 3 heteroatoms. The van der Waals surface area contributed by atoms with Gasteiger partial charge in [-0.15, -0.1) is 11.3 Å². The standard InChI is InChI=1S/C16H20BrNS/c1-11-15(12-5-7-13(17)8-6-12)18-14(19-11)9-10-16(2,3)4/h5-8H,9-10H2,1-4H3. The van der Waals surface area contributed by atoms with Crippen LogP contribution < -0.4 is 0 Å². The lowest BCUT2D eigenvalue weighted by molar-refractivity contribution is 0.378.